The molecular weight excluding hydrogens is 223 g/mol. The summed E-state index contributed by atoms with van der Waals surface area (Å²) in [5.74, 6) is -0.488. The molecule has 0 saturated heterocycles. The van der Waals surface area contributed by atoms with Crippen LogP contribution in [0, 0.1) is 20.8 Å². The van der Waals surface area contributed by atoms with E-state index in [1.807, 2.05) is 32.9 Å². The van der Waals surface area contributed by atoms with Gasteiger partial charge in [-0.1, -0.05) is 17.7 Å². The number of benzene rings is 1. The van der Waals surface area contributed by atoms with Gasteiger partial charge in [0.05, 0.1) is 5.56 Å². The van der Waals surface area contributed by atoms with Crippen molar-refractivity contribution in [1.82, 2.24) is 0 Å². The fourth-order valence-corrected chi connectivity index (χ4v) is 2.11. The third-order valence-electron chi connectivity index (χ3n) is 2.32. The molecule has 1 atom stereocenters. The van der Waals surface area contributed by atoms with Gasteiger partial charge < -0.3 is 0 Å². The molecule has 1 rings (SSSR count). The summed E-state index contributed by atoms with van der Waals surface area (Å²) in [7, 11) is -1.87. The smallest absolute Gasteiger partial charge is 0.241 e. The lowest BCUT2D eigenvalue weighted by Crippen LogP contribution is -2.06. The zero-order chi connectivity index (χ0) is 12.3. The van der Waals surface area contributed by atoms with Gasteiger partial charge in [-0.2, -0.15) is 0 Å². The second-order valence-electron chi connectivity index (χ2n) is 3.80. The Kier molecular flexibility index (Phi) is 4.19. The Balaban J connectivity index is 3.04. The van der Waals surface area contributed by atoms with E-state index >= 15 is 0 Å². The van der Waals surface area contributed by atoms with Crippen LogP contribution in [0.15, 0.2) is 12.1 Å². The monoisotopic (exact) mass is 239 g/mol. The maximum absolute atomic E-state index is 11.8. The first-order valence-electron chi connectivity index (χ1n) is 5.20. The molecule has 0 bridgehead atoms. The standard InChI is InChI=1S/C12H16O3P/c1-5-16(14)15-12(13)11-9(3)6-8(2)7-10(11)4/h6-7H,5H2,1-4H3/q+1. The van der Waals surface area contributed by atoms with Crippen molar-refractivity contribution in [2.75, 3.05) is 6.16 Å². The molecule has 16 heavy (non-hydrogen) atoms. The SMILES string of the molecule is CC[P+](=O)OC(=O)c1c(C)cc(C)cc1C. The van der Waals surface area contributed by atoms with Crippen LogP contribution in [-0.4, -0.2) is 12.1 Å². The molecule has 0 saturated carbocycles. The van der Waals surface area contributed by atoms with Gasteiger partial charge in [-0.25, -0.2) is 9.32 Å². The van der Waals surface area contributed by atoms with Gasteiger partial charge in [0, 0.05) is 0 Å². The summed E-state index contributed by atoms with van der Waals surface area (Å²) in [6, 6.07) is 3.84. The molecule has 0 radical (unpaired) electrons. The minimum atomic E-state index is -1.87. The van der Waals surface area contributed by atoms with Gasteiger partial charge in [-0.15, -0.1) is 0 Å². The fraction of sp³-hybridized carbons (Fsp3) is 0.417. The molecule has 0 aliphatic carbocycles. The predicted octanol–water partition coefficient (Wildman–Crippen LogP) is 3.53. The average molecular weight is 239 g/mol. The predicted molar refractivity (Wildman–Crippen MR) is 64.2 cm³/mol. The van der Waals surface area contributed by atoms with Crippen LogP contribution in [0.2, 0.25) is 0 Å². The Morgan fingerprint density at radius 1 is 1.25 bits per heavy atom. The third-order valence-corrected chi connectivity index (χ3v) is 3.21. The van der Waals surface area contributed by atoms with E-state index in [0.717, 1.165) is 16.7 Å². The summed E-state index contributed by atoms with van der Waals surface area (Å²) in [4.78, 5) is 11.8. The van der Waals surface area contributed by atoms with Crippen molar-refractivity contribution < 1.29 is 13.9 Å². The Hall–Kier alpha value is -1.21. The molecule has 1 aromatic rings. The Labute approximate surface area is 96.7 Å². The van der Waals surface area contributed by atoms with Gasteiger partial charge >= 0.3 is 14.0 Å². The summed E-state index contributed by atoms with van der Waals surface area (Å²) >= 11 is 0. The van der Waals surface area contributed by atoms with E-state index in [0.29, 0.717) is 11.7 Å². The quantitative estimate of drug-likeness (QED) is 0.758. The summed E-state index contributed by atoms with van der Waals surface area (Å²) in [5, 5.41) is 0. The van der Waals surface area contributed by atoms with E-state index in [4.69, 9.17) is 4.52 Å². The van der Waals surface area contributed by atoms with E-state index in [2.05, 4.69) is 0 Å². The van der Waals surface area contributed by atoms with Gasteiger partial charge in [0.2, 0.25) is 0 Å². The molecule has 1 aromatic carbocycles. The number of hydrogen-bond acceptors (Lipinski definition) is 3. The van der Waals surface area contributed by atoms with Crippen molar-refractivity contribution in [3.63, 3.8) is 0 Å². The van der Waals surface area contributed by atoms with Gasteiger partial charge in [0.15, 0.2) is 6.16 Å². The van der Waals surface area contributed by atoms with Gasteiger partial charge in [0.25, 0.3) is 0 Å². The Bertz CT molecular complexity index is 415. The second-order valence-corrected chi connectivity index (χ2v) is 5.28. The molecule has 0 aliphatic rings. The zero-order valence-corrected chi connectivity index (χ0v) is 10.9. The van der Waals surface area contributed by atoms with Gasteiger partial charge in [-0.05, 0) is 43.4 Å². The minimum Gasteiger partial charge on any atom is -0.241 e. The molecule has 0 amide bonds. The maximum atomic E-state index is 11.8. The largest absolute Gasteiger partial charge is 0.559 e. The number of aryl methyl sites for hydroxylation is 3. The van der Waals surface area contributed by atoms with Crippen LogP contribution in [0.4, 0.5) is 0 Å². The van der Waals surface area contributed by atoms with Crippen molar-refractivity contribution in [2.45, 2.75) is 27.7 Å². The number of carbonyl (C=O) groups is 1. The first-order chi connectivity index (χ1) is 7.45. The number of carbonyl (C=O) groups excluding carboxylic acids is 1. The molecule has 0 N–H and O–H groups in total. The van der Waals surface area contributed by atoms with Gasteiger partial charge in [-0.3, -0.25) is 0 Å². The zero-order valence-electron chi connectivity index (χ0n) is 10.0. The third kappa shape index (κ3) is 2.89. The van der Waals surface area contributed by atoms with Crippen molar-refractivity contribution in [3.05, 3.63) is 34.4 Å². The van der Waals surface area contributed by atoms with Crippen LogP contribution < -0.4 is 0 Å². The highest BCUT2D eigenvalue weighted by Gasteiger charge is 2.24. The molecule has 4 heteroatoms. The van der Waals surface area contributed by atoms with Crippen molar-refractivity contribution in [2.24, 2.45) is 0 Å². The topological polar surface area (TPSA) is 43.4 Å². The Morgan fingerprint density at radius 2 is 1.75 bits per heavy atom. The van der Waals surface area contributed by atoms with Crippen LogP contribution in [0.3, 0.4) is 0 Å². The van der Waals surface area contributed by atoms with Crippen molar-refractivity contribution in [1.29, 1.82) is 0 Å². The molecule has 0 fully saturated rings. The van der Waals surface area contributed by atoms with Crippen molar-refractivity contribution >= 4 is 14.0 Å². The van der Waals surface area contributed by atoms with Crippen LogP contribution in [0.1, 0.15) is 34.0 Å². The molecule has 3 nitrogen and oxygen atoms in total. The highest BCUT2D eigenvalue weighted by molar-refractivity contribution is 7.39. The lowest BCUT2D eigenvalue weighted by atomic mass is 10.0. The van der Waals surface area contributed by atoms with Crippen molar-refractivity contribution in [3.8, 4) is 0 Å². The second kappa shape index (κ2) is 5.22. The molecule has 1 unspecified atom stereocenters. The highest BCUT2D eigenvalue weighted by Crippen LogP contribution is 2.26. The normalized spacial score (nSPS) is 11.1. The number of rotatable bonds is 3. The van der Waals surface area contributed by atoms with Crippen LogP contribution in [0.5, 0.6) is 0 Å². The lowest BCUT2D eigenvalue weighted by molar-refractivity contribution is 0.0748. The first kappa shape index (κ1) is 12.9. The summed E-state index contributed by atoms with van der Waals surface area (Å²) in [6.07, 6.45) is 0.352. The van der Waals surface area contributed by atoms with E-state index < -0.39 is 14.0 Å². The minimum absolute atomic E-state index is 0.352. The average Bonchev–Trinajstić information content (AvgIpc) is 2.15. The summed E-state index contributed by atoms with van der Waals surface area (Å²) in [6.45, 7) is 7.41. The first-order valence-corrected chi connectivity index (χ1v) is 6.56. The van der Waals surface area contributed by atoms with E-state index in [1.54, 1.807) is 6.92 Å². The molecule has 0 aliphatic heterocycles. The fourth-order valence-electron chi connectivity index (χ4n) is 1.70. The van der Waals surface area contributed by atoms with E-state index in [1.165, 1.54) is 0 Å². The van der Waals surface area contributed by atoms with E-state index in [9.17, 15) is 9.36 Å². The molecular formula is C12H16O3P+. The highest BCUT2D eigenvalue weighted by atomic mass is 31.1. The van der Waals surface area contributed by atoms with Crippen LogP contribution >= 0.6 is 8.03 Å². The lowest BCUT2D eigenvalue weighted by Gasteiger charge is -2.06. The van der Waals surface area contributed by atoms with Crippen LogP contribution in [0.25, 0.3) is 0 Å². The number of hydrogen-bond donors (Lipinski definition) is 0. The summed E-state index contributed by atoms with van der Waals surface area (Å²) in [5.41, 5.74) is 3.36. The van der Waals surface area contributed by atoms with Gasteiger partial charge in [0.1, 0.15) is 0 Å². The molecule has 0 spiro atoms. The maximum Gasteiger partial charge on any atom is 0.559 e. The molecule has 0 heterocycles. The van der Waals surface area contributed by atoms with E-state index in [-0.39, 0.29) is 0 Å². The summed E-state index contributed by atoms with van der Waals surface area (Å²) < 4.78 is 16.0. The molecule has 86 valence electrons. The Morgan fingerprint density at radius 3 is 2.19 bits per heavy atom. The molecule has 0 aromatic heterocycles. The van der Waals surface area contributed by atoms with Crippen LogP contribution in [-0.2, 0) is 9.09 Å².